The largest absolute Gasteiger partial charge is 0.492 e. The minimum atomic E-state index is -0.0958. The van der Waals surface area contributed by atoms with E-state index < -0.39 is 0 Å². The lowest BCUT2D eigenvalue weighted by Gasteiger charge is -2.11. The molecule has 0 aliphatic heterocycles. The van der Waals surface area contributed by atoms with Crippen LogP contribution in [0, 0.1) is 0 Å². The fourth-order valence-corrected chi connectivity index (χ4v) is 1.60. The summed E-state index contributed by atoms with van der Waals surface area (Å²) in [4.78, 5) is 11.4. The van der Waals surface area contributed by atoms with E-state index in [0.29, 0.717) is 18.0 Å². The Morgan fingerprint density at radius 3 is 2.76 bits per heavy atom. The molecule has 0 radical (unpaired) electrons. The monoisotopic (exact) mass is 322 g/mol. The van der Waals surface area contributed by atoms with E-state index in [1.165, 1.54) is 0 Å². The summed E-state index contributed by atoms with van der Waals surface area (Å²) in [6.45, 7) is 2.75. The number of likely N-dealkylation sites (N-methyl/N-ethyl adjacent to an activating group) is 1. The van der Waals surface area contributed by atoms with Crippen molar-refractivity contribution in [2.45, 2.75) is 6.92 Å². The smallest absolute Gasteiger partial charge is 0.238 e. The Hall–Kier alpha value is -0.780. The molecule has 0 saturated carbocycles. The van der Waals surface area contributed by atoms with E-state index in [-0.39, 0.29) is 24.9 Å². The number of rotatable bonds is 5. The van der Waals surface area contributed by atoms with Gasteiger partial charge >= 0.3 is 0 Å². The van der Waals surface area contributed by atoms with Gasteiger partial charge in [-0.3, -0.25) is 4.79 Å². The van der Waals surface area contributed by atoms with Gasteiger partial charge in [-0.15, -0.1) is 12.4 Å². The van der Waals surface area contributed by atoms with E-state index in [4.69, 9.17) is 4.74 Å². The first kappa shape index (κ1) is 16.2. The first-order valence-electron chi connectivity index (χ1n) is 5.04. The van der Waals surface area contributed by atoms with Gasteiger partial charge in [-0.25, -0.2) is 0 Å². The van der Waals surface area contributed by atoms with Crippen LogP contribution in [0.5, 0.6) is 5.75 Å². The first-order valence-corrected chi connectivity index (χ1v) is 5.83. The van der Waals surface area contributed by atoms with E-state index in [9.17, 15) is 4.79 Å². The normalized spacial score (nSPS) is 9.35. The molecule has 1 aromatic carbocycles. The fourth-order valence-electron chi connectivity index (χ4n) is 1.24. The highest BCUT2D eigenvalue weighted by Gasteiger charge is 2.07. The predicted molar refractivity (Wildman–Crippen MR) is 75.1 cm³/mol. The summed E-state index contributed by atoms with van der Waals surface area (Å²) in [5, 5.41) is 5.57. The van der Waals surface area contributed by atoms with E-state index in [1.54, 1.807) is 7.05 Å². The standard InChI is InChI=1S/C11H15BrN2O2.ClH/c1-3-16-10-5-4-8(12)6-9(10)14-11(15)7-13-2;/h4-6,13H,3,7H2,1-2H3,(H,14,15);1H. The third-order valence-electron chi connectivity index (χ3n) is 1.85. The molecule has 0 aromatic heterocycles. The number of benzene rings is 1. The molecule has 0 saturated heterocycles. The highest BCUT2D eigenvalue weighted by Crippen LogP contribution is 2.28. The average Bonchev–Trinajstić information content (AvgIpc) is 2.22. The summed E-state index contributed by atoms with van der Waals surface area (Å²) in [5.74, 6) is 0.580. The highest BCUT2D eigenvalue weighted by molar-refractivity contribution is 9.10. The molecule has 1 aromatic rings. The number of nitrogens with one attached hydrogen (secondary N) is 2. The molecular formula is C11H16BrClN2O2. The van der Waals surface area contributed by atoms with E-state index in [2.05, 4.69) is 26.6 Å². The fraction of sp³-hybridized carbons (Fsp3) is 0.364. The van der Waals surface area contributed by atoms with E-state index >= 15 is 0 Å². The van der Waals surface area contributed by atoms with Crippen LogP contribution in [0.3, 0.4) is 0 Å². The predicted octanol–water partition coefficient (Wildman–Crippen LogP) is 2.43. The second-order valence-electron chi connectivity index (χ2n) is 3.15. The van der Waals surface area contributed by atoms with E-state index in [1.807, 2.05) is 25.1 Å². The molecule has 0 heterocycles. The molecule has 6 heteroatoms. The number of carbonyl (C=O) groups is 1. The number of hydrogen-bond acceptors (Lipinski definition) is 3. The lowest BCUT2D eigenvalue weighted by molar-refractivity contribution is -0.115. The maximum absolute atomic E-state index is 11.4. The summed E-state index contributed by atoms with van der Waals surface area (Å²) in [7, 11) is 1.73. The van der Waals surface area contributed by atoms with Crippen LogP contribution in [0.15, 0.2) is 22.7 Å². The number of anilines is 1. The zero-order valence-corrected chi connectivity index (χ0v) is 12.2. The Kier molecular flexibility index (Phi) is 7.95. The molecule has 4 nitrogen and oxygen atoms in total. The van der Waals surface area contributed by atoms with Gasteiger partial charge in [0, 0.05) is 4.47 Å². The van der Waals surface area contributed by atoms with Gasteiger partial charge in [0.2, 0.25) is 5.91 Å². The molecule has 0 aliphatic carbocycles. The number of halogens is 2. The molecule has 1 amide bonds. The van der Waals surface area contributed by atoms with Crippen molar-refractivity contribution in [3.05, 3.63) is 22.7 Å². The molecule has 2 N–H and O–H groups in total. The van der Waals surface area contributed by atoms with Gasteiger partial charge in [-0.05, 0) is 32.2 Å². The van der Waals surface area contributed by atoms with Crippen LogP contribution in [-0.2, 0) is 4.79 Å². The number of amides is 1. The molecular weight excluding hydrogens is 307 g/mol. The average molecular weight is 324 g/mol. The number of ether oxygens (including phenoxy) is 1. The topological polar surface area (TPSA) is 50.4 Å². The Morgan fingerprint density at radius 2 is 2.18 bits per heavy atom. The molecule has 0 fully saturated rings. The van der Waals surface area contributed by atoms with Crippen LogP contribution < -0.4 is 15.4 Å². The van der Waals surface area contributed by atoms with Gasteiger partial charge in [0.15, 0.2) is 0 Å². The lowest BCUT2D eigenvalue weighted by atomic mass is 10.3. The van der Waals surface area contributed by atoms with Crippen LogP contribution >= 0.6 is 28.3 Å². The SMILES string of the molecule is CCOc1ccc(Br)cc1NC(=O)CNC.Cl. The third-order valence-corrected chi connectivity index (χ3v) is 2.35. The van der Waals surface area contributed by atoms with Crippen molar-refractivity contribution in [3.63, 3.8) is 0 Å². The van der Waals surface area contributed by atoms with Crippen LogP contribution in [0.4, 0.5) is 5.69 Å². The second kappa shape index (κ2) is 8.33. The Bertz CT molecular complexity index is 374. The van der Waals surface area contributed by atoms with Crippen LogP contribution in [0.2, 0.25) is 0 Å². The second-order valence-corrected chi connectivity index (χ2v) is 4.07. The lowest BCUT2D eigenvalue weighted by Crippen LogP contribution is -2.25. The molecule has 0 aliphatic rings. The molecule has 17 heavy (non-hydrogen) atoms. The Labute approximate surface area is 116 Å². The summed E-state index contributed by atoms with van der Waals surface area (Å²) < 4.78 is 6.31. The maximum Gasteiger partial charge on any atom is 0.238 e. The van der Waals surface area contributed by atoms with Crippen molar-refractivity contribution in [1.82, 2.24) is 5.32 Å². The highest BCUT2D eigenvalue weighted by atomic mass is 79.9. The first-order chi connectivity index (χ1) is 7.67. The van der Waals surface area contributed by atoms with Crippen LogP contribution in [-0.4, -0.2) is 26.1 Å². The van der Waals surface area contributed by atoms with Crippen LogP contribution in [0.1, 0.15) is 6.92 Å². The maximum atomic E-state index is 11.4. The quantitative estimate of drug-likeness (QED) is 0.875. The molecule has 96 valence electrons. The summed E-state index contributed by atoms with van der Waals surface area (Å²) >= 11 is 3.35. The summed E-state index contributed by atoms with van der Waals surface area (Å²) in [6, 6.07) is 5.51. The van der Waals surface area contributed by atoms with E-state index in [0.717, 1.165) is 4.47 Å². The Balaban J connectivity index is 0.00000256. The minimum Gasteiger partial charge on any atom is -0.492 e. The van der Waals surface area contributed by atoms with Gasteiger partial charge in [-0.2, -0.15) is 0 Å². The van der Waals surface area contributed by atoms with Gasteiger partial charge < -0.3 is 15.4 Å². The summed E-state index contributed by atoms with van der Waals surface area (Å²) in [5.41, 5.74) is 0.677. The van der Waals surface area contributed by atoms with Crippen molar-refractivity contribution >= 4 is 39.9 Å². The van der Waals surface area contributed by atoms with Crippen molar-refractivity contribution in [2.24, 2.45) is 0 Å². The number of carbonyl (C=O) groups excluding carboxylic acids is 1. The summed E-state index contributed by atoms with van der Waals surface area (Å²) in [6.07, 6.45) is 0. The minimum absolute atomic E-state index is 0. The van der Waals surface area contributed by atoms with Crippen LogP contribution in [0.25, 0.3) is 0 Å². The molecule has 1 rings (SSSR count). The van der Waals surface area contributed by atoms with Crippen molar-refractivity contribution < 1.29 is 9.53 Å². The van der Waals surface area contributed by atoms with Gasteiger partial charge in [0.05, 0.1) is 18.8 Å². The molecule has 0 spiro atoms. The van der Waals surface area contributed by atoms with Crippen molar-refractivity contribution in [1.29, 1.82) is 0 Å². The third kappa shape index (κ3) is 5.39. The van der Waals surface area contributed by atoms with Gasteiger partial charge in [0.25, 0.3) is 0 Å². The molecule has 0 atom stereocenters. The van der Waals surface area contributed by atoms with Gasteiger partial charge in [0.1, 0.15) is 5.75 Å². The zero-order chi connectivity index (χ0) is 12.0. The molecule has 0 bridgehead atoms. The molecule has 0 unspecified atom stereocenters. The number of hydrogen-bond donors (Lipinski definition) is 2. The zero-order valence-electron chi connectivity index (χ0n) is 9.75. The van der Waals surface area contributed by atoms with Crippen molar-refractivity contribution in [3.8, 4) is 5.75 Å². The van der Waals surface area contributed by atoms with Crippen molar-refractivity contribution in [2.75, 3.05) is 25.5 Å². The Morgan fingerprint density at radius 1 is 1.47 bits per heavy atom. The van der Waals surface area contributed by atoms with Gasteiger partial charge in [-0.1, -0.05) is 15.9 Å².